The van der Waals surface area contributed by atoms with E-state index in [1.54, 1.807) is 6.26 Å². The normalized spacial score (nSPS) is 17.7. The Kier molecular flexibility index (Phi) is 2.47. The van der Waals surface area contributed by atoms with Crippen LogP contribution in [0.15, 0.2) is 34.9 Å². The van der Waals surface area contributed by atoms with Gasteiger partial charge in [0, 0.05) is 12.1 Å². The molecule has 1 amide bonds. The van der Waals surface area contributed by atoms with Gasteiger partial charge >= 0.3 is 0 Å². The van der Waals surface area contributed by atoms with E-state index in [1.165, 1.54) is 5.56 Å². The molecule has 0 bridgehead atoms. The van der Waals surface area contributed by atoms with E-state index in [4.69, 9.17) is 4.42 Å². The molecule has 0 unspecified atom stereocenters. The molecule has 0 spiro atoms. The lowest BCUT2D eigenvalue weighted by atomic mass is 9.93. The van der Waals surface area contributed by atoms with Crippen molar-refractivity contribution in [2.24, 2.45) is 0 Å². The lowest BCUT2D eigenvalue weighted by molar-refractivity contribution is -0.117. The Morgan fingerprint density at radius 2 is 2.17 bits per heavy atom. The second-order valence-corrected chi connectivity index (χ2v) is 4.87. The minimum Gasteiger partial charge on any atom is -0.469 e. The van der Waals surface area contributed by atoms with Gasteiger partial charge in [-0.05, 0) is 37.1 Å². The van der Waals surface area contributed by atoms with Crippen molar-refractivity contribution >= 4 is 11.6 Å². The van der Waals surface area contributed by atoms with Crippen molar-refractivity contribution in [1.29, 1.82) is 0 Å². The standard InChI is InChI=1S/C15H15NO2/c1-9-6-10(2)14-12(7-9)13(15(17)16-14)8-11-4-3-5-18-11/h3-7,13H,8H2,1-2H3,(H,16,17)/t13-/m1/s1. The number of carbonyl (C=O) groups excluding carboxylic acids is 1. The van der Waals surface area contributed by atoms with E-state index in [0.717, 1.165) is 22.6 Å². The Morgan fingerprint density at radius 1 is 1.33 bits per heavy atom. The predicted molar refractivity (Wildman–Crippen MR) is 69.7 cm³/mol. The summed E-state index contributed by atoms with van der Waals surface area (Å²) < 4.78 is 5.34. The average molecular weight is 241 g/mol. The Balaban J connectivity index is 2.01. The molecule has 3 nitrogen and oxygen atoms in total. The van der Waals surface area contributed by atoms with Crippen LogP contribution in [0, 0.1) is 13.8 Å². The van der Waals surface area contributed by atoms with Gasteiger partial charge in [-0.1, -0.05) is 17.7 Å². The first-order valence-corrected chi connectivity index (χ1v) is 6.09. The molecule has 3 heteroatoms. The highest BCUT2D eigenvalue weighted by Gasteiger charge is 2.32. The second-order valence-electron chi connectivity index (χ2n) is 4.87. The minimum absolute atomic E-state index is 0.0649. The van der Waals surface area contributed by atoms with Crippen molar-refractivity contribution in [3.63, 3.8) is 0 Å². The van der Waals surface area contributed by atoms with Crippen LogP contribution in [0.2, 0.25) is 0 Å². The maximum Gasteiger partial charge on any atom is 0.232 e. The first-order valence-electron chi connectivity index (χ1n) is 6.09. The van der Waals surface area contributed by atoms with Gasteiger partial charge < -0.3 is 9.73 Å². The molecule has 92 valence electrons. The van der Waals surface area contributed by atoms with Crippen molar-refractivity contribution in [2.45, 2.75) is 26.2 Å². The highest BCUT2D eigenvalue weighted by Crippen LogP contribution is 2.37. The van der Waals surface area contributed by atoms with E-state index in [9.17, 15) is 4.79 Å². The number of hydrogen-bond acceptors (Lipinski definition) is 2. The summed E-state index contributed by atoms with van der Waals surface area (Å²) in [7, 11) is 0. The zero-order chi connectivity index (χ0) is 12.7. The fourth-order valence-corrected chi connectivity index (χ4v) is 2.63. The van der Waals surface area contributed by atoms with Crippen molar-refractivity contribution in [3.8, 4) is 0 Å². The predicted octanol–water partition coefficient (Wildman–Crippen LogP) is 3.17. The topological polar surface area (TPSA) is 42.2 Å². The van der Waals surface area contributed by atoms with Crippen LogP contribution < -0.4 is 5.32 Å². The molecular weight excluding hydrogens is 226 g/mol. The van der Waals surface area contributed by atoms with Gasteiger partial charge in [-0.2, -0.15) is 0 Å². The smallest absolute Gasteiger partial charge is 0.232 e. The molecule has 1 atom stereocenters. The molecule has 1 aromatic carbocycles. The zero-order valence-corrected chi connectivity index (χ0v) is 10.5. The lowest BCUT2D eigenvalue weighted by Gasteiger charge is -2.08. The third-order valence-corrected chi connectivity index (χ3v) is 3.44. The second kappa shape index (κ2) is 4.02. The molecule has 0 radical (unpaired) electrons. The fraction of sp³-hybridized carbons (Fsp3) is 0.267. The van der Waals surface area contributed by atoms with Crippen LogP contribution in [-0.4, -0.2) is 5.91 Å². The Hall–Kier alpha value is -2.03. The number of nitrogens with one attached hydrogen (secondary N) is 1. The van der Waals surface area contributed by atoms with Gasteiger partial charge in [-0.25, -0.2) is 0 Å². The molecule has 1 aliphatic rings. The van der Waals surface area contributed by atoms with Crippen LogP contribution in [0.5, 0.6) is 0 Å². The third-order valence-electron chi connectivity index (χ3n) is 3.44. The number of rotatable bonds is 2. The maximum atomic E-state index is 12.1. The molecule has 0 aliphatic carbocycles. The molecule has 1 aliphatic heterocycles. The van der Waals surface area contributed by atoms with Crippen molar-refractivity contribution in [3.05, 3.63) is 53.0 Å². The van der Waals surface area contributed by atoms with Gasteiger partial charge in [-0.15, -0.1) is 0 Å². The van der Waals surface area contributed by atoms with Crippen molar-refractivity contribution in [1.82, 2.24) is 0 Å². The number of carbonyl (C=O) groups is 1. The van der Waals surface area contributed by atoms with Gasteiger partial charge in [0.25, 0.3) is 0 Å². The summed E-state index contributed by atoms with van der Waals surface area (Å²) in [6.07, 6.45) is 2.26. The van der Waals surface area contributed by atoms with E-state index in [0.29, 0.717) is 6.42 Å². The number of hydrogen-bond donors (Lipinski definition) is 1. The van der Waals surface area contributed by atoms with Crippen LogP contribution in [0.4, 0.5) is 5.69 Å². The van der Waals surface area contributed by atoms with Gasteiger partial charge in [-0.3, -0.25) is 4.79 Å². The Labute approximate surface area is 106 Å². The summed E-state index contributed by atoms with van der Waals surface area (Å²) in [5.74, 6) is 0.780. The molecule has 3 rings (SSSR count). The zero-order valence-electron chi connectivity index (χ0n) is 10.5. The quantitative estimate of drug-likeness (QED) is 0.877. The average Bonchev–Trinajstić information content (AvgIpc) is 2.91. The van der Waals surface area contributed by atoms with Gasteiger partial charge in [0.1, 0.15) is 5.76 Å². The summed E-state index contributed by atoms with van der Waals surface area (Å²) in [5, 5.41) is 2.97. The lowest BCUT2D eigenvalue weighted by Crippen LogP contribution is -2.14. The van der Waals surface area contributed by atoms with Crippen LogP contribution in [0.3, 0.4) is 0 Å². The maximum absolute atomic E-state index is 12.1. The SMILES string of the molecule is Cc1cc(C)c2c(c1)[C@@H](Cc1ccco1)C(=O)N2. The van der Waals surface area contributed by atoms with Gasteiger partial charge in [0.2, 0.25) is 5.91 Å². The number of benzene rings is 1. The molecule has 2 aromatic rings. The molecule has 2 heterocycles. The summed E-state index contributed by atoms with van der Waals surface area (Å²) in [4.78, 5) is 12.1. The number of aryl methyl sites for hydroxylation is 2. The van der Waals surface area contributed by atoms with Crippen LogP contribution in [-0.2, 0) is 11.2 Å². The number of furan rings is 1. The molecule has 0 fully saturated rings. The first kappa shape index (κ1) is 11.1. The van der Waals surface area contributed by atoms with Gasteiger partial charge in [0.15, 0.2) is 0 Å². The largest absolute Gasteiger partial charge is 0.469 e. The monoisotopic (exact) mass is 241 g/mol. The highest BCUT2D eigenvalue weighted by molar-refractivity contribution is 6.03. The fourth-order valence-electron chi connectivity index (χ4n) is 2.63. The van der Waals surface area contributed by atoms with Gasteiger partial charge in [0.05, 0.1) is 12.2 Å². The Bertz CT molecular complexity index is 599. The molecular formula is C15H15NO2. The Morgan fingerprint density at radius 3 is 2.89 bits per heavy atom. The molecule has 1 aromatic heterocycles. The first-order chi connectivity index (χ1) is 8.65. The summed E-state index contributed by atoms with van der Waals surface area (Å²) in [6, 6.07) is 7.95. The summed E-state index contributed by atoms with van der Waals surface area (Å²) in [5.41, 5.74) is 4.38. The number of amides is 1. The van der Waals surface area contributed by atoms with E-state index in [-0.39, 0.29) is 11.8 Å². The molecule has 0 saturated heterocycles. The highest BCUT2D eigenvalue weighted by atomic mass is 16.3. The third kappa shape index (κ3) is 1.72. The van der Waals surface area contributed by atoms with Crippen molar-refractivity contribution < 1.29 is 9.21 Å². The molecule has 1 N–H and O–H groups in total. The minimum atomic E-state index is -0.134. The number of fused-ring (bicyclic) bond motifs is 1. The van der Waals surface area contributed by atoms with Crippen LogP contribution in [0.1, 0.15) is 28.4 Å². The van der Waals surface area contributed by atoms with E-state index < -0.39 is 0 Å². The van der Waals surface area contributed by atoms with Crippen LogP contribution in [0.25, 0.3) is 0 Å². The summed E-state index contributed by atoms with van der Waals surface area (Å²) in [6.45, 7) is 4.08. The van der Waals surface area contributed by atoms with Crippen molar-refractivity contribution in [2.75, 3.05) is 5.32 Å². The number of anilines is 1. The summed E-state index contributed by atoms with van der Waals surface area (Å²) >= 11 is 0. The van der Waals surface area contributed by atoms with E-state index in [2.05, 4.69) is 24.4 Å². The molecule has 18 heavy (non-hydrogen) atoms. The van der Waals surface area contributed by atoms with Crippen LogP contribution >= 0.6 is 0 Å². The van der Waals surface area contributed by atoms with E-state index >= 15 is 0 Å². The van der Waals surface area contributed by atoms with E-state index in [1.807, 2.05) is 19.1 Å². The molecule has 0 saturated carbocycles.